The van der Waals surface area contributed by atoms with E-state index in [4.69, 9.17) is 4.74 Å². The minimum Gasteiger partial charge on any atom is -0.480 e. The van der Waals surface area contributed by atoms with Gasteiger partial charge in [0, 0.05) is 18.5 Å². The lowest BCUT2D eigenvalue weighted by Gasteiger charge is -2.22. The highest BCUT2D eigenvalue weighted by atomic mass is 32.2. The Kier molecular flexibility index (Phi) is 6.28. The summed E-state index contributed by atoms with van der Waals surface area (Å²) in [5.41, 5.74) is 0.256. The number of carbonyl (C=O) groups is 3. The number of likely N-dealkylation sites (tertiary alicyclic amines) is 1. The number of rotatable bonds is 6. The number of carboxylic acids is 1. The second-order valence-corrected chi connectivity index (χ2v) is 8.23. The van der Waals surface area contributed by atoms with Gasteiger partial charge in [-0.25, -0.2) is 4.79 Å². The molecule has 0 aliphatic carbocycles. The van der Waals surface area contributed by atoms with E-state index in [9.17, 15) is 28.3 Å². The first-order valence-corrected chi connectivity index (χ1v) is 10.5. The molecule has 32 heavy (non-hydrogen) atoms. The molecular weight excluding hydrogens is 446 g/mol. The molecule has 2 aromatic carbocycles. The van der Waals surface area contributed by atoms with Crippen molar-refractivity contribution in [2.45, 2.75) is 35.0 Å². The molecule has 1 fully saturated rings. The van der Waals surface area contributed by atoms with Crippen LogP contribution in [0.5, 0.6) is 11.5 Å². The van der Waals surface area contributed by atoms with Crippen LogP contribution < -0.4 is 10.1 Å². The summed E-state index contributed by atoms with van der Waals surface area (Å²) in [6.45, 7) is -3.85. The van der Waals surface area contributed by atoms with Gasteiger partial charge in [-0.1, -0.05) is 23.9 Å². The van der Waals surface area contributed by atoms with Gasteiger partial charge in [0.15, 0.2) is 0 Å². The van der Waals surface area contributed by atoms with Crippen LogP contribution in [-0.4, -0.2) is 59.6 Å². The van der Waals surface area contributed by atoms with Gasteiger partial charge in [0.2, 0.25) is 5.91 Å². The molecule has 2 atom stereocenters. The molecular formula is C21H18F2N2O6S. The van der Waals surface area contributed by atoms with E-state index >= 15 is 0 Å². The molecule has 2 heterocycles. The van der Waals surface area contributed by atoms with Crippen LogP contribution in [0.1, 0.15) is 16.8 Å². The van der Waals surface area contributed by atoms with E-state index in [0.29, 0.717) is 11.5 Å². The number of fused-ring (bicyclic) bond motifs is 2. The van der Waals surface area contributed by atoms with Crippen molar-refractivity contribution in [3.63, 3.8) is 0 Å². The lowest BCUT2D eigenvalue weighted by molar-refractivity contribution is -0.160. The van der Waals surface area contributed by atoms with Crippen LogP contribution in [0.2, 0.25) is 0 Å². The van der Waals surface area contributed by atoms with Crippen molar-refractivity contribution in [2.75, 3.05) is 13.1 Å². The smallest absolute Gasteiger partial charge is 0.345 e. The van der Waals surface area contributed by atoms with E-state index in [1.165, 1.54) is 11.8 Å². The van der Waals surface area contributed by atoms with Crippen LogP contribution in [0.15, 0.2) is 52.3 Å². The number of carboxylic acid groups (broad SMARTS) is 1. The Morgan fingerprint density at radius 3 is 2.69 bits per heavy atom. The summed E-state index contributed by atoms with van der Waals surface area (Å²) in [7, 11) is 0. The summed E-state index contributed by atoms with van der Waals surface area (Å²) in [5.74, 6) is -1.41. The van der Waals surface area contributed by atoms with Gasteiger partial charge in [-0.05, 0) is 30.3 Å². The maximum Gasteiger partial charge on any atom is 0.345 e. The van der Waals surface area contributed by atoms with E-state index in [-0.39, 0.29) is 18.5 Å². The molecule has 2 N–H and O–H groups in total. The van der Waals surface area contributed by atoms with Gasteiger partial charge in [0.25, 0.3) is 5.91 Å². The number of amides is 2. The Hall–Kier alpha value is -3.18. The van der Waals surface area contributed by atoms with E-state index in [0.717, 1.165) is 14.7 Å². The van der Waals surface area contributed by atoms with Crippen LogP contribution in [0.3, 0.4) is 0 Å². The first-order chi connectivity index (χ1) is 15.3. The second-order valence-electron chi connectivity index (χ2n) is 7.15. The molecule has 0 unspecified atom stereocenters. The highest BCUT2D eigenvalue weighted by Crippen LogP contribution is 2.46. The zero-order valence-electron chi connectivity index (χ0n) is 16.5. The number of carbonyl (C=O) groups excluding carboxylic acids is 2. The van der Waals surface area contributed by atoms with Crippen molar-refractivity contribution in [1.82, 2.24) is 10.2 Å². The number of ether oxygens (including phenoxy) is 2. The first-order valence-electron chi connectivity index (χ1n) is 9.64. The second kappa shape index (κ2) is 9.13. The minimum atomic E-state index is -3.07. The molecule has 0 spiro atoms. The van der Waals surface area contributed by atoms with Crippen LogP contribution in [-0.2, 0) is 14.3 Å². The molecule has 8 nitrogen and oxygen atoms in total. The monoisotopic (exact) mass is 464 g/mol. The number of nitrogens with one attached hydrogen (secondary N) is 1. The van der Waals surface area contributed by atoms with Crippen molar-refractivity contribution in [3.8, 4) is 11.5 Å². The molecule has 4 rings (SSSR count). The van der Waals surface area contributed by atoms with E-state index in [1.807, 2.05) is 24.3 Å². The molecule has 168 valence electrons. The maximum atomic E-state index is 12.5. The van der Waals surface area contributed by atoms with Crippen molar-refractivity contribution in [3.05, 3.63) is 48.0 Å². The summed E-state index contributed by atoms with van der Waals surface area (Å²) < 4.78 is 35.1. The van der Waals surface area contributed by atoms with E-state index in [1.54, 1.807) is 18.2 Å². The van der Waals surface area contributed by atoms with Gasteiger partial charge in [0.1, 0.15) is 17.5 Å². The lowest BCUT2D eigenvalue weighted by atomic mass is 10.2. The zero-order chi connectivity index (χ0) is 22.8. The van der Waals surface area contributed by atoms with Crippen molar-refractivity contribution in [2.24, 2.45) is 0 Å². The molecule has 1 saturated heterocycles. The molecule has 2 aliphatic heterocycles. The average molecular weight is 464 g/mol. The first kappa shape index (κ1) is 22.0. The SMILES string of the molecule is O=C(NCC(=O)N1C[C@H](OC(F)F)C[C@H]1C(=O)O)c1ccc2c(c1)Oc1ccccc1S2. The topological polar surface area (TPSA) is 105 Å². The summed E-state index contributed by atoms with van der Waals surface area (Å²) in [6.07, 6.45) is -1.34. The number of benzene rings is 2. The van der Waals surface area contributed by atoms with Gasteiger partial charge >= 0.3 is 12.6 Å². The van der Waals surface area contributed by atoms with Crippen LogP contribution >= 0.6 is 11.8 Å². The normalized spacial score (nSPS) is 19.2. The van der Waals surface area contributed by atoms with Gasteiger partial charge < -0.3 is 24.8 Å². The molecule has 0 saturated carbocycles. The predicted molar refractivity (Wildman–Crippen MR) is 108 cm³/mol. The number of aliphatic carboxylic acids is 1. The summed E-state index contributed by atoms with van der Waals surface area (Å²) in [6, 6.07) is 11.1. The van der Waals surface area contributed by atoms with Gasteiger partial charge in [0.05, 0.1) is 22.4 Å². The van der Waals surface area contributed by atoms with Crippen LogP contribution in [0.25, 0.3) is 0 Å². The quantitative estimate of drug-likeness (QED) is 0.578. The third-order valence-electron chi connectivity index (χ3n) is 5.06. The fourth-order valence-corrected chi connectivity index (χ4v) is 4.51. The number of hydrogen-bond donors (Lipinski definition) is 2. The van der Waals surface area contributed by atoms with E-state index < -0.39 is 43.1 Å². The van der Waals surface area contributed by atoms with Crippen LogP contribution in [0, 0.1) is 0 Å². The third-order valence-corrected chi connectivity index (χ3v) is 6.17. The Labute approximate surface area is 185 Å². The van der Waals surface area contributed by atoms with Crippen molar-refractivity contribution >= 4 is 29.5 Å². The average Bonchev–Trinajstić information content (AvgIpc) is 3.19. The van der Waals surface area contributed by atoms with Crippen molar-refractivity contribution < 1.29 is 37.7 Å². The summed E-state index contributed by atoms with van der Waals surface area (Å²) >= 11 is 1.51. The Balaban J connectivity index is 1.38. The largest absolute Gasteiger partial charge is 0.480 e. The van der Waals surface area contributed by atoms with Crippen LogP contribution in [0.4, 0.5) is 8.78 Å². The van der Waals surface area contributed by atoms with Gasteiger partial charge in [-0.15, -0.1) is 0 Å². The number of nitrogens with zero attached hydrogens (tertiary/aromatic N) is 1. The number of alkyl halides is 2. The highest BCUT2D eigenvalue weighted by Gasteiger charge is 2.41. The van der Waals surface area contributed by atoms with Crippen molar-refractivity contribution in [1.29, 1.82) is 0 Å². The third kappa shape index (κ3) is 4.68. The molecule has 0 radical (unpaired) electrons. The zero-order valence-corrected chi connectivity index (χ0v) is 17.3. The standard InChI is InChI=1S/C21H18F2N2O6S/c22-21(23)30-12-8-13(20(28)29)25(10-12)18(26)9-24-19(27)11-5-6-17-15(7-11)31-14-3-1-2-4-16(14)32-17/h1-7,12-13,21H,8-10H2,(H,24,27)(H,28,29)/t12-,13+/m1/s1. The number of halogens is 2. The Bertz CT molecular complexity index is 1070. The Morgan fingerprint density at radius 2 is 1.94 bits per heavy atom. The fourth-order valence-electron chi connectivity index (χ4n) is 3.58. The molecule has 2 amide bonds. The number of hydrogen-bond acceptors (Lipinski definition) is 6. The lowest BCUT2D eigenvalue weighted by Crippen LogP contribution is -2.45. The maximum absolute atomic E-state index is 12.5. The van der Waals surface area contributed by atoms with E-state index in [2.05, 4.69) is 10.1 Å². The fraction of sp³-hybridized carbons (Fsp3) is 0.286. The summed E-state index contributed by atoms with van der Waals surface area (Å²) in [5, 5.41) is 11.7. The predicted octanol–water partition coefficient (Wildman–Crippen LogP) is 2.97. The molecule has 2 aromatic rings. The molecule has 2 aliphatic rings. The number of para-hydroxylation sites is 1. The molecule has 0 aromatic heterocycles. The molecule has 0 bridgehead atoms. The van der Waals surface area contributed by atoms with Gasteiger partial charge in [-0.3, -0.25) is 9.59 Å². The molecule has 11 heteroatoms. The summed E-state index contributed by atoms with van der Waals surface area (Å²) in [4.78, 5) is 39.1. The highest BCUT2D eigenvalue weighted by molar-refractivity contribution is 7.99. The van der Waals surface area contributed by atoms with Gasteiger partial charge in [-0.2, -0.15) is 8.78 Å². The Morgan fingerprint density at radius 1 is 1.19 bits per heavy atom. The minimum absolute atomic E-state index is 0.249.